The maximum Gasteiger partial charge on any atom is 0.0847 e. The first-order valence-corrected chi connectivity index (χ1v) is 7.91. The number of rotatable bonds is 6. The van der Waals surface area contributed by atoms with Gasteiger partial charge in [-0.2, -0.15) is 5.10 Å². The average Bonchev–Trinajstić information content (AvgIpc) is 2.94. The van der Waals surface area contributed by atoms with E-state index in [1.54, 1.807) is 0 Å². The first-order chi connectivity index (χ1) is 9.11. The topological polar surface area (TPSA) is 29.9 Å². The Kier molecular flexibility index (Phi) is 5.28. The van der Waals surface area contributed by atoms with Crippen molar-refractivity contribution < 1.29 is 0 Å². The maximum atomic E-state index is 6.36. The van der Waals surface area contributed by atoms with Crippen molar-refractivity contribution >= 4 is 11.6 Å². The predicted octanol–water partition coefficient (Wildman–Crippen LogP) is 3.48. The Balaban J connectivity index is 2.02. The number of nitrogens with zero attached hydrogens (tertiary/aromatic N) is 2. The molecular weight excluding hydrogens is 258 g/mol. The molecule has 0 spiro atoms. The summed E-state index contributed by atoms with van der Waals surface area (Å²) in [7, 11) is 1.99. The van der Waals surface area contributed by atoms with Crippen LogP contribution >= 0.6 is 11.6 Å². The molecule has 1 aromatic rings. The smallest absolute Gasteiger partial charge is 0.0847 e. The van der Waals surface area contributed by atoms with Crippen molar-refractivity contribution in [2.45, 2.75) is 58.4 Å². The minimum Gasteiger partial charge on any atom is -0.314 e. The predicted molar refractivity (Wildman–Crippen MR) is 80.7 cm³/mol. The van der Waals surface area contributed by atoms with Gasteiger partial charge in [0.15, 0.2) is 0 Å². The number of halogens is 1. The third-order valence-electron chi connectivity index (χ3n) is 4.29. The summed E-state index contributed by atoms with van der Waals surface area (Å²) in [5.74, 6) is 0.900. The molecular formula is C15H26ClN3. The highest BCUT2D eigenvalue weighted by atomic mass is 35.5. The van der Waals surface area contributed by atoms with Crippen LogP contribution in [0.4, 0.5) is 0 Å². The fraction of sp³-hybridized carbons (Fsp3) is 0.800. The van der Waals surface area contributed by atoms with Crippen LogP contribution in [-0.4, -0.2) is 22.4 Å². The van der Waals surface area contributed by atoms with Gasteiger partial charge in [-0.15, -0.1) is 0 Å². The molecule has 2 rings (SSSR count). The highest BCUT2D eigenvalue weighted by molar-refractivity contribution is 6.31. The van der Waals surface area contributed by atoms with Gasteiger partial charge in [-0.1, -0.05) is 44.2 Å². The van der Waals surface area contributed by atoms with E-state index < -0.39 is 0 Å². The standard InChI is InChI=1S/C15H26ClN3/c1-4-17-13(9-12-7-5-6-8-12)10-14-15(16)11(2)18-19(14)3/h12-13,17H,4-10H2,1-3H3. The molecule has 0 amide bonds. The fourth-order valence-electron chi connectivity index (χ4n) is 3.31. The monoisotopic (exact) mass is 283 g/mol. The Labute approximate surface area is 121 Å². The summed E-state index contributed by atoms with van der Waals surface area (Å²) in [6.07, 6.45) is 7.89. The van der Waals surface area contributed by atoms with E-state index in [1.807, 2.05) is 18.7 Å². The van der Waals surface area contributed by atoms with Gasteiger partial charge in [0.25, 0.3) is 0 Å². The van der Waals surface area contributed by atoms with E-state index in [1.165, 1.54) is 37.8 Å². The highest BCUT2D eigenvalue weighted by Crippen LogP contribution is 2.30. The van der Waals surface area contributed by atoms with E-state index in [0.717, 1.165) is 29.6 Å². The second-order valence-electron chi connectivity index (χ2n) is 5.81. The van der Waals surface area contributed by atoms with Gasteiger partial charge in [0, 0.05) is 19.5 Å². The van der Waals surface area contributed by atoms with E-state index in [4.69, 9.17) is 11.6 Å². The first-order valence-electron chi connectivity index (χ1n) is 7.53. The molecule has 1 N–H and O–H groups in total. The summed E-state index contributed by atoms with van der Waals surface area (Å²) >= 11 is 6.36. The Morgan fingerprint density at radius 3 is 2.63 bits per heavy atom. The van der Waals surface area contributed by atoms with Gasteiger partial charge in [0.1, 0.15) is 0 Å². The van der Waals surface area contributed by atoms with Crippen LogP contribution in [-0.2, 0) is 13.5 Å². The molecule has 0 aliphatic heterocycles. The molecule has 4 heteroatoms. The molecule has 1 atom stereocenters. The van der Waals surface area contributed by atoms with E-state index in [0.29, 0.717) is 6.04 Å². The van der Waals surface area contributed by atoms with Crippen LogP contribution in [0.5, 0.6) is 0 Å². The molecule has 1 heterocycles. The zero-order valence-corrected chi connectivity index (χ0v) is 13.1. The maximum absolute atomic E-state index is 6.36. The quantitative estimate of drug-likeness (QED) is 0.866. The normalized spacial score (nSPS) is 18.1. The Morgan fingerprint density at radius 1 is 1.42 bits per heavy atom. The summed E-state index contributed by atoms with van der Waals surface area (Å²) in [5, 5.41) is 8.88. The van der Waals surface area contributed by atoms with Gasteiger partial charge in [-0.25, -0.2) is 0 Å². The Bertz CT molecular complexity index is 408. The van der Waals surface area contributed by atoms with Crippen LogP contribution in [0.15, 0.2) is 0 Å². The SMILES string of the molecule is CCNC(Cc1c(Cl)c(C)nn1C)CC1CCCC1. The number of likely N-dealkylation sites (N-methyl/N-ethyl adjacent to an activating group) is 1. The van der Waals surface area contributed by atoms with Crippen LogP contribution < -0.4 is 5.32 Å². The van der Waals surface area contributed by atoms with Crippen molar-refractivity contribution in [2.75, 3.05) is 6.54 Å². The van der Waals surface area contributed by atoms with Crippen molar-refractivity contribution in [3.63, 3.8) is 0 Å². The molecule has 1 unspecified atom stereocenters. The summed E-state index contributed by atoms with van der Waals surface area (Å²) in [6.45, 7) is 5.18. The average molecular weight is 284 g/mol. The van der Waals surface area contributed by atoms with Crippen LogP contribution in [0.25, 0.3) is 0 Å². The molecule has 1 aliphatic carbocycles. The van der Waals surface area contributed by atoms with Crippen LogP contribution in [0.3, 0.4) is 0 Å². The summed E-state index contributed by atoms with van der Waals surface area (Å²) in [4.78, 5) is 0. The van der Waals surface area contributed by atoms with Crippen LogP contribution in [0, 0.1) is 12.8 Å². The molecule has 19 heavy (non-hydrogen) atoms. The van der Waals surface area contributed by atoms with E-state index in [9.17, 15) is 0 Å². The molecule has 0 radical (unpaired) electrons. The largest absolute Gasteiger partial charge is 0.314 e. The van der Waals surface area contributed by atoms with Crippen LogP contribution in [0.1, 0.15) is 50.4 Å². The zero-order chi connectivity index (χ0) is 13.8. The van der Waals surface area contributed by atoms with Gasteiger partial charge in [0.05, 0.1) is 16.4 Å². The zero-order valence-electron chi connectivity index (χ0n) is 12.4. The fourth-order valence-corrected chi connectivity index (χ4v) is 3.55. The molecule has 3 nitrogen and oxygen atoms in total. The van der Waals surface area contributed by atoms with Gasteiger partial charge < -0.3 is 5.32 Å². The number of aryl methyl sites for hydroxylation is 2. The summed E-state index contributed by atoms with van der Waals surface area (Å²) in [6, 6.07) is 0.528. The van der Waals surface area contributed by atoms with Crippen molar-refractivity contribution in [1.82, 2.24) is 15.1 Å². The lowest BCUT2D eigenvalue weighted by molar-refractivity contribution is 0.385. The second kappa shape index (κ2) is 6.76. The lowest BCUT2D eigenvalue weighted by Crippen LogP contribution is -2.33. The van der Waals surface area contributed by atoms with Gasteiger partial charge in [0.2, 0.25) is 0 Å². The lowest BCUT2D eigenvalue weighted by atomic mass is 9.95. The van der Waals surface area contributed by atoms with Crippen molar-refractivity contribution in [1.29, 1.82) is 0 Å². The number of hydrogen-bond donors (Lipinski definition) is 1. The Hall–Kier alpha value is -0.540. The number of aromatic nitrogens is 2. The molecule has 0 saturated heterocycles. The minimum atomic E-state index is 0.528. The first kappa shape index (κ1) is 14.9. The number of hydrogen-bond acceptors (Lipinski definition) is 2. The lowest BCUT2D eigenvalue weighted by Gasteiger charge is -2.21. The molecule has 0 aromatic carbocycles. The third kappa shape index (κ3) is 3.73. The van der Waals surface area contributed by atoms with Crippen molar-refractivity contribution in [2.24, 2.45) is 13.0 Å². The molecule has 1 aromatic heterocycles. The van der Waals surface area contributed by atoms with Crippen LogP contribution in [0.2, 0.25) is 5.02 Å². The third-order valence-corrected chi connectivity index (χ3v) is 4.78. The molecule has 108 valence electrons. The molecule has 0 bridgehead atoms. The van der Waals surface area contributed by atoms with E-state index in [-0.39, 0.29) is 0 Å². The van der Waals surface area contributed by atoms with Crippen molar-refractivity contribution in [3.8, 4) is 0 Å². The van der Waals surface area contributed by atoms with Gasteiger partial charge in [-0.3, -0.25) is 4.68 Å². The van der Waals surface area contributed by atoms with Gasteiger partial charge in [-0.05, 0) is 25.8 Å². The van der Waals surface area contributed by atoms with Crippen molar-refractivity contribution in [3.05, 3.63) is 16.4 Å². The van der Waals surface area contributed by atoms with Gasteiger partial charge >= 0.3 is 0 Å². The summed E-state index contributed by atoms with van der Waals surface area (Å²) < 4.78 is 1.94. The summed E-state index contributed by atoms with van der Waals surface area (Å²) in [5.41, 5.74) is 2.11. The molecule has 1 saturated carbocycles. The second-order valence-corrected chi connectivity index (χ2v) is 6.19. The minimum absolute atomic E-state index is 0.528. The molecule has 1 aliphatic rings. The van der Waals surface area contributed by atoms with E-state index in [2.05, 4.69) is 17.3 Å². The highest BCUT2D eigenvalue weighted by Gasteiger charge is 2.22. The molecule has 1 fully saturated rings. The van der Waals surface area contributed by atoms with E-state index >= 15 is 0 Å². The number of nitrogens with one attached hydrogen (secondary N) is 1. The Morgan fingerprint density at radius 2 is 2.11 bits per heavy atom.